The van der Waals surface area contributed by atoms with Crippen LogP contribution >= 0.6 is 0 Å². The lowest BCUT2D eigenvalue weighted by Gasteiger charge is -2.36. The zero-order valence-corrected chi connectivity index (χ0v) is 9.21. The van der Waals surface area contributed by atoms with E-state index in [1.165, 1.54) is 10.6 Å². The van der Waals surface area contributed by atoms with E-state index in [4.69, 9.17) is 0 Å². The summed E-state index contributed by atoms with van der Waals surface area (Å²) in [6.07, 6.45) is 1.26. The van der Waals surface area contributed by atoms with Gasteiger partial charge in [0.25, 0.3) is 0 Å². The number of piperazine rings is 1. The fourth-order valence-electron chi connectivity index (χ4n) is 1.41. The third-order valence-corrected chi connectivity index (χ3v) is 3.55. The number of rotatable bonds is 2. The molecule has 1 rings (SSSR count). The monoisotopic (exact) mass is 207 g/mol. The number of nitrogens with zero attached hydrogens (tertiary/aromatic N) is 3. The van der Waals surface area contributed by atoms with Crippen molar-refractivity contribution in [3.63, 3.8) is 0 Å². The largest absolute Gasteiger partial charge is 0.248 e. The first-order valence-corrected chi connectivity index (χ1v) is 6.13. The van der Waals surface area contributed by atoms with Gasteiger partial charge in [0.1, 0.15) is 0 Å². The minimum absolute atomic E-state index is 0.594. The van der Waals surface area contributed by atoms with Crippen molar-refractivity contribution in [3.05, 3.63) is 0 Å². The zero-order chi connectivity index (χ0) is 10.1. The molecule has 78 valence electrons. The molecule has 0 aliphatic carbocycles. The van der Waals surface area contributed by atoms with Gasteiger partial charge in [-0.15, -0.1) is 0 Å². The predicted octanol–water partition coefficient (Wildman–Crippen LogP) is -0.960. The van der Waals surface area contributed by atoms with E-state index in [0.29, 0.717) is 13.1 Å². The van der Waals surface area contributed by atoms with Crippen LogP contribution in [-0.2, 0) is 10.0 Å². The average Bonchev–Trinajstić information content (AvgIpc) is 2.03. The molecule has 0 radical (unpaired) electrons. The third kappa shape index (κ3) is 2.91. The maximum absolute atomic E-state index is 11.2. The molecular formula is C7H17N3O2S. The minimum atomic E-state index is -2.99. The summed E-state index contributed by atoms with van der Waals surface area (Å²) in [7, 11) is 0.950. The Hall–Kier alpha value is -0.170. The Bertz CT molecular complexity index is 255. The Balaban J connectivity index is 2.49. The molecule has 0 aromatic rings. The van der Waals surface area contributed by atoms with Crippen molar-refractivity contribution in [2.24, 2.45) is 0 Å². The van der Waals surface area contributed by atoms with Gasteiger partial charge in [0.15, 0.2) is 0 Å². The highest BCUT2D eigenvalue weighted by atomic mass is 32.2. The highest BCUT2D eigenvalue weighted by Crippen LogP contribution is 2.05. The second-order valence-electron chi connectivity index (χ2n) is 3.46. The quantitative estimate of drug-likeness (QED) is 0.585. The van der Waals surface area contributed by atoms with Gasteiger partial charge in [-0.1, -0.05) is 0 Å². The minimum Gasteiger partial charge on any atom is -0.248 e. The fraction of sp³-hybridized carbons (Fsp3) is 1.00. The van der Waals surface area contributed by atoms with E-state index >= 15 is 0 Å². The predicted molar refractivity (Wildman–Crippen MR) is 51.7 cm³/mol. The molecule has 1 aliphatic heterocycles. The fourth-order valence-corrected chi connectivity index (χ4v) is 2.24. The van der Waals surface area contributed by atoms with Crippen molar-refractivity contribution >= 4 is 10.0 Å². The first kappa shape index (κ1) is 10.9. The van der Waals surface area contributed by atoms with Crippen LogP contribution in [0.4, 0.5) is 0 Å². The molecule has 0 saturated carbocycles. The summed E-state index contributed by atoms with van der Waals surface area (Å²) in [4.78, 5) is 0. The van der Waals surface area contributed by atoms with Crippen LogP contribution in [0.15, 0.2) is 0 Å². The Kier molecular flexibility index (Phi) is 3.28. The van der Waals surface area contributed by atoms with Gasteiger partial charge in [0.2, 0.25) is 10.0 Å². The Morgan fingerprint density at radius 1 is 1.08 bits per heavy atom. The van der Waals surface area contributed by atoms with E-state index in [-0.39, 0.29) is 0 Å². The second-order valence-corrected chi connectivity index (χ2v) is 5.45. The molecular weight excluding hydrogens is 190 g/mol. The molecule has 6 heteroatoms. The summed E-state index contributed by atoms with van der Waals surface area (Å²) in [6, 6.07) is 0. The summed E-state index contributed by atoms with van der Waals surface area (Å²) in [6.45, 7) is 2.74. The molecule has 5 nitrogen and oxygen atoms in total. The smallest absolute Gasteiger partial charge is 0.211 e. The summed E-state index contributed by atoms with van der Waals surface area (Å²) < 4.78 is 23.8. The number of hydrogen-bond donors (Lipinski definition) is 0. The molecule has 1 heterocycles. The first-order valence-electron chi connectivity index (χ1n) is 4.28. The van der Waals surface area contributed by atoms with Crippen molar-refractivity contribution in [2.45, 2.75) is 0 Å². The van der Waals surface area contributed by atoms with Crippen LogP contribution in [0.25, 0.3) is 0 Å². The van der Waals surface area contributed by atoms with Crippen molar-refractivity contribution < 1.29 is 8.42 Å². The van der Waals surface area contributed by atoms with Crippen LogP contribution in [-0.4, -0.2) is 69.3 Å². The summed E-state index contributed by atoms with van der Waals surface area (Å²) in [5.74, 6) is 0. The van der Waals surface area contributed by atoms with E-state index in [1.54, 1.807) is 0 Å². The maximum atomic E-state index is 11.2. The molecule has 0 aromatic carbocycles. The number of hydrogen-bond acceptors (Lipinski definition) is 4. The number of sulfonamides is 1. The number of hydrazine groups is 1. The van der Waals surface area contributed by atoms with Gasteiger partial charge in [-0.3, -0.25) is 0 Å². The molecule has 0 aromatic heterocycles. The van der Waals surface area contributed by atoms with Gasteiger partial charge in [-0.05, 0) is 0 Å². The molecule has 13 heavy (non-hydrogen) atoms. The standard InChI is InChI=1S/C7H17N3O2S/c1-8(2)9-4-6-10(7-5-9)13(3,11)12/h4-7H2,1-3H3. The SMILES string of the molecule is CN(C)N1CCN(S(C)(=O)=O)CC1. The summed E-state index contributed by atoms with van der Waals surface area (Å²) in [5, 5.41) is 4.13. The van der Waals surface area contributed by atoms with Gasteiger partial charge in [-0.25, -0.2) is 18.4 Å². The van der Waals surface area contributed by atoms with Gasteiger partial charge in [0.05, 0.1) is 6.26 Å². The first-order chi connectivity index (χ1) is 5.91. The second kappa shape index (κ2) is 3.91. The zero-order valence-electron chi connectivity index (χ0n) is 8.39. The molecule has 1 fully saturated rings. The average molecular weight is 207 g/mol. The van der Waals surface area contributed by atoms with Gasteiger partial charge in [0, 0.05) is 40.3 Å². The lowest BCUT2D eigenvalue weighted by atomic mass is 10.4. The van der Waals surface area contributed by atoms with Crippen LogP contribution in [0.3, 0.4) is 0 Å². The highest BCUT2D eigenvalue weighted by molar-refractivity contribution is 7.88. The Morgan fingerprint density at radius 2 is 1.54 bits per heavy atom. The maximum Gasteiger partial charge on any atom is 0.211 e. The molecule has 0 amide bonds. The van der Waals surface area contributed by atoms with Gasteiger partial charge < -0.3 is 0 Å². The van der Waals surface area contributed by atoms with Crippen molar-refractivity contribution in [1.82, 2.24) is 14.3 Å². The Labute approximate surface area is 79.9 Å². The molecule has 0 spiro atoms. The van der Waals surface area contributed by atoms with E-state index in [0.717, 1.165) is 13.1 Å². The van der Waals surface area contributed by atoms with Crippen LogP contribution in [0, 0.1) is 0 Å². The molecule has 0 bridgehead atoms. The van der Waals surface area contributed by atoms with Crippen molar-refractivity contribution in [3.8, 4) is 0 Å². The van der Waals surface area contributed by atoms with E-state index < -0.39 is 10.0 Å². The van der Waals surface area contributed by atoms with Gasteiger partial charge >= 0.3 is 0 Å². The van der Waals surface area contributed by atoms with E-state index in [2.05, 4.69) is 5.01 Å². The van der Waals surface area contributed by atoms with E-state index in [1.807, 2.05) is 19.1 Å². The van der Waals surface area contributed by atoms with Crippen molar-refractivity contribution in [2.75, 3.05) is 46.5 Å². The molecule has 0 unspecified atom stereocenters. The molecule has 1 aliphatic rings. The van der Waals surface area contributed by atoms with Crippen LogP contribution < -0.4 is 0 Å². The summed E-state index contributed by atoms with van der Waals surface area (Å²) in [5.41, 5.74) is 0. The Morgan fingerprint density at radius 3 is 1.85 bits per heavy atom. The van der Waals surface area contributed by atoms with Crippen LogP contribution in [0.2, 0.25) is 0 Å². The molecule has 0 N–H and O–H groups in total. The lowest BCUT2D eigenvalue weighted by molar-refractivity contribution is -0.00191. The lowest BCUT2D eigenvalue weighted by Crippen LogP contribution is -2.52. The van der Waals surface area contributed by atoms with Crippen LogP contribution in [0.5, 0.6) is 0 Å². The van der Waals surface area contributed by atoms with Crippen LogP contribution in [0.1, 0.15) is 0 Å². The molecule has 1 saturated heterocycles. The van der Waals surface area contributed by atoms with E-state index in [9.17, 15) is 8.42 Å². The third-order valence-electron chi connectivity index (χ3n) is 2.25. The highest BCUT2D eigenvalue weighted by Gasteiger charge is 2.23. The van der Waals surface area contributed by atoms with Crippen molar-refractivity contribution in [1.29, 1.82) is 0 Å². The summed E-state index contributed by atoms with van der Waals surface area (Å²) >= 11 is 0. The molecule has 0 atom stereocenters. The topological polar surface area (TPSA) is 43.9 Å². The normalized spacial score (nSPS) is 22.5. The van der Waals surface area contributed by atoms with Gasteiger partial charge in [-0.2, -0.15) is 4.31 Å².